The molecule has 0 aromatic rings. The van der Waals surface area contributed by atoms with E-state index in [0.717, 1.165) is 25.9 Å². The van der Waals surface area contributed by atoms with Gasteiger partial charge in [-0.15, -0.1) is 0 Å². The average molecular weight is 468 g/mol. The summed E-state index contributed by atoms with van der Waals surface area (Å²) in [4.78, 5) is 4.24. The van der Waals surface area contributed by atoms with Crippen LogP contribution in [0, 0.1) is 13.8 Å². The molecule has 2 nitrogen and oxygen atoms in total. The summed E-state index contributed by atoms with van der Waals surface area (Å²) < 4.78 is 0. The molecule has 0 aliphatic carbocycles. The largest absolute Gasteiger partial charge is 2.00 e. The van der Waals surface area contributed by atoms with Crippen LogP contribution in [0.25, 0.3) is 0 Å². The molecule has 0 bridgehead atoms. The first kappa shape index (κ1) is 36.2. The van der Waals surface area contributed by atoms with E-state index in [1.807, 2.05) is 28.2 Å². The van der Waals surface area contributed by atoms with E-state index >= 15 is 0 Å². The van der Waals surface area contributed by atoms with Crippen LogP contribution >= 0.6 is 0 Å². The molecule has 0 saturated carbocycles. The van der Waals surface area contributed by atoms with Crippen molar-refractivity contribution in [1.82, 2.24) is 9.80 Å². The molecule has 0 unspecified atom stereocenters. The maximum absolute atomic E-state index is 3.68. The van der Waals surface area contributed by atoms with Crippen molar-refractivity contribution in [2.24, 2.45) is 0 Å². The Kier molecular flexibility index (Phi) is 68.8. The van der Waals surface area contributed by atoms with Crippen molar-refractivity contribution in [3.05, 3.63) is 13.8 Å². The van der Waals surface area contributed by atoms with Crippen LogP contribution in [0.4, 0.5) is 0 Å². The summed E-state index contributed by atoms with van der Waals surface area (Å²) in [7, 11) is 8.19. The Bertz CT molecular complexity index is 77.2. The number of rotatable bonds is 4. The number of hydrogen-bond donors (Lipinski definition) is 0. The molecule has 0 fully saturated rings. The molecule has 6 heteroatoms. The maximum Gasteiger partial charge on any atom is 2.00 e. The molecule has 0 aliphatic heterocycles. The molecule has 0 aliphatic rings. The Morgan fingerprint density at radius 3 is 0.875 bits per heavy atom. The van der Waals surface area contributed by atoms with E-state index in [-0.39, 0.29) is 79.4 Å². The van der Waals surface area contributed by atoms with Gasteiger partial charge in [-0.25, -0.2) is 0 Å². The normalized spacial score (nSPS) is 7.50. The van der Waals surface area contributed by atoms with Crippen molar-refractivity contribution in [1.29, 1.82) is 0 Å². The topological polar surface area (TPSA) is 6.48 Å². The third kappa shape index (κ3) is 55.3. The molecule has 0 N–H and O–H groups in total. The standard InChI is InChI=1S/2C5H12N.2Cd.2ClH/c2*1-4-5-6(2)3;;;;/h2*1,4-5H2,2-3H3;;;2*1H/q2*-1;2*+2;;/p-2. The minimum Gasteiger partial charge on any atom is -1.00 e. The molecule has 0 radical (unpaired) electrons. The van der Waals surface area contributed by atoms with Crippen molar-refractivity contribution >= 4 is 0 Å². The van der Waals surface area contributed by atoms with Crippen LogP contribution in [0.15, 0.2) is 0 Å². The van der Waals surface area contributed by atoms with Gasteiger partial charge < -0.3 is 48.5 Å². The van der Waals surface area contributed by atoms with Gasteiger partial charge >= 0.3 is 54.6 Å². The van der Waals surface area contributed by atoms with Crippen LogP contribution in [0.1, 0.15) is 12.8 Å². The summed E-state index contributed by atoms with van der Waals surface area (Å²) in [6.45, 7) is 9.56. The molecule has 92 valence electrons. The van der Waals surface area contributed by atoms with Gasteiger partial charge in [0.25, 0.3) is 0 Å². The fraction of sp³-hybridized carbons (Fsp3) is 0.800. The zero-order chi connectivity index (χ0) is 9.98. The summed E-state index contributed by atoms with van der Waals surface area (Å²) in [5.74, 6) is 0. The van der Waals surface area contributed by atoms with Crippen molar-refractivity contribution < 1.29 is 79.4 Å². The Balaban J connectivity index is -0.0000000250. The number of halogens is 2. The SMILES string of the molecule is [CH2-]CCN(C)C.[CH2-]CCN(C)C.[Cd+2].[Cd+2].[Cl-].[Cl-]. The van der Waals surface area contributed by atoms with Crippen LogP contribution < -0.4 is 24.8 Å². The molecule has 0 amide bonds. The van der Waals surface area contributed by atoms with Gasteiger partial charge in [0, 0.05) is 0 Å². The van der Waals surface area contributed by atoms with E-state index in [4.69, 9.17) is 0 Å². The van der Waals surface area contributed by atoms with Crippen LogP contribution in [0.2, 0.25) is 0 Å². The second-order valence-electron chi connectivity index (χ2n) is 3.31. The molecule has 0 aromatic carbocycles. The Labute approximate surface area is 155 Å². The van der Waals surface area contributed by atoms with Gasteiger partial charge in [0.05, 0.1) is 0 Å². The van der Waals surface area contributed by atoms with E-state index in [1.165, 1.54) is 0 Å². The predicted octanol–water partition coefficient (Wildman–Crippen LogP) is -4.45. The van der Waals surface area contributed by atoms with Gasteiger partial charge in [-0.1, -0.05) is 0 Å². The van der Waals surface area contributed by atoms with Gasteiger partial charge in [0.2, 0.25) is 0 Å². The molecular weight excluding hydrogens is 444 g/mol. The molecule has 0 rings (SSSR count). The first-order chi connectivity index (χ1) is 5.54. The fourth-order valence-corrected chi connectivity index (χ4v) is 0.632. The van der Waals surface area contributed by atoms with Crippen LogP contribution in [-0.2, 0) is 54.6 Å². The van der Waals surface area contributed by atoms with Gasteiger partial charge in [-0.2, -0.15) is 12.8 Å². The van der Waals surface area contributed by atoms with Crippen molar-refractivity contribution in [3.63, 3.8) is 0 Å². The molecule has 0 saturated heterocycles. The zero-order valence-corrected chi connectivity index (χ0v) is 20.9. The molecule has 16 heavy (non-hydrogen) atoms. The van der Waals surface area contributed by atoms with Gasteiger partial charge in [-0.3, -0.25) is 0 Å². The Morgan fingerprint density at radius 1 is 0.688 bits per heavy atom. The second-order valence-corrected chi connectivity index (χ2v) is 3.31. The quantitative estimate of drug-likeness (QED) is 0.304. The van der Waals surface area contributed by atoms with E-state index in [0.29, 0.717) is 0 Å². The fourth-order valence-electron chi connectivity index (χ4n) is 0.632. The van der Waals surface area contributed by atoms with Crippen LogP contribution in [0.3, 0.4) is 0 Å². The van der Waals surface area contributed by atoms with E-state index in [1.54, 1.807) is 0 Å². The average Bonchev–Trinajstić information content (AvgIpc) is 1.87. The second kappa shape index (κ2) is 30.4. The zero-order valence-electron chi connectivity index (χ0n) is 11.3. The molecule has 0 atom stereocenters. The van der Waals surface area contributed by atoms with Crippen LogP contribution in [0.5, 0.6) is 0 Å². The van der Waals surface area contributed by atoms with Gasteiger partial charge in [0.15, 0.2) is 0 Å². The summed E-state index contributed by atoms with van der Waals surface area (Å²) in [6.07, 6.45) is 2.01. The first-order valence-electron chi connectivity index (χ1n) is 4.42. The van der Waals surface area contributed by atoms with Crippen molar-refractivity contribution in [3.8, 4) is 0 Å². The van der Waals surface area contributed by atoms with E-state index in [2.05, 4.69) is 23.6 Å². The molecular formula is C10H24Cd2Cl2N2. The maximum atomic E-state index is 3.68. The summed E-state index contributed by atoms with van der Waals surface area (Å²) in [5, 5.41) is 0. The third-order valence-electron chi connectivity index (χ3n) is 1.21. The van der Waals surface area contributed by atoms with E-state index in [9.17, 15) is 0 Å². The minimum atomic E-state index is 0. The summed E-state index contributed by atoms with van der Waals surface area (Å²) in [5.41, 5.74) is 0. The van der Waals surface area contributed by atoms with E-state index < -0.39 is 0 Å². The van der Waals surface area contributed by atoms with Gasteiger partial charge in [0.1, 0.15) is 0 Å². The van der Waals surface area contributed by atoms with Crippen LogP contribution in [-0.4, -0.2) is 51.1 Å². The van der Waals surface area contributed by atoms with Gasteiger partial charge in [-0.05, 0) is 41.3 Å². The minimum absolute atomic E-state index is 0. The Hall–Kier alpha value is 2.34. The molecule has 0 heterocycles. The number of nitrogens with zero attached hydrogens (tertiary/aromatic N) is 2. The molecule has 0 aromatic heterocycles. The predicted molar refractivity (Wildman–Crippen MR) is 57.1 cm³/mol. The van der Waals surface area contributed by atoms with Crippen molar-refractivity contribution in [2.75, 3.05) is 41.3 Å². The Morgan fingerprint density at radius 2 is 0.875 bits per heavy atom. The summed E-state index contributed by atoms with van der Waals surface area (Å²) in [6, 6.07) is 0. The molecule has 0 spiro atoms. The monoisotopic (exact) mass is 470 g/mol. The smallest absolute Gasteiger partial charge is 1.00 e. The van der Waals surface area contributed by atoms with Crippen molar-refractivity contribution in [2.45, 2.75) is 12.8 Å². The third-order valence-corrected chi connectivity index (χ3v) is 1.21. The summed E-state index contributed by atoms with van der Waals surface area (Å²) >= 11 is 0. The first-order valence-corrected chi connectivity index (χ1v) is 4.42. The number of hydrogen-bond acceptors (Lipinski definition) is 2.